The fraction of sp³-hybridized carbons (Fsp3) is 0.333. The minimum absolute atomic E-state index is 0.146. The van der Waals surface area contributed by atoms with E-state index in [2.05, 4.69) is 21.4 Å². The number of thiophene rings is 1. The summed E-state index contributed by atoms with van der Waals surface area (Å²) >= 11 is 1.55. The van der Waals surface area contributed by atoms with Crippen molar-refractivity contribution in [1.82, 2.24) is 15.3 Å². The number of fused-ring (bicyclic) bond motifs is 1. The SMILES string of the molecule is Cc1c(C2=CCNCC2)sc2nc(N)[nH]c(=O)c12. The monoisotopic (exact) mass is 262 g/mol. The first-order valence-corrected chi connectivity index (χ1v) is 6.67. The van der Waals surface area contributed by atoms with E-state index in [4.69, 9.17) is 5.73 Å². The lowest BCUT2D eigenvalue weighted by atomic mass is 10.0. The lowest BCUT2D eigenvalue weighted by Gasteiger charge is -2.13. The maximum Gasteiger partial charge on any atom is 0.261 e. The average Bonchev–Trinajstić information content (AvgIpc) is 2.67. The summed E-state index contributed by atoms with van der Waals surface area (Å²) in [5.74, 6) is 0.180. The van der Waals surface area contributed by atoms with Gasteiger partial charge in [-0.2, -0.15) is 0 Å². The predicted molar refractivity (Wildman–Crippen MR) is 74.9 cm³/mol. The van der Waals surface area contributed by atoms with E-state index in [-0.39, 0.29) is 11.5 Å². The van der Waals surface area contributed by atoms with Crippen molar-refractivity contribution in [3.63, 3.8) is 0 Å². The second-order valence-corrected chi connectivity index (χ2v) is 5.37. The number of aryl methyl sites for hydroxylation is 1. The van der Waals surface area contributed by atoms with Gasteiger partial charge in [0.25, 0.3) is 5.56 Å². The van der Waals surface area contributed by atoms with Crippen LogP contribution in [0.1, 0.15) is 16.9 Å². The fourth-order valence-corrected chi connectivity index (χ4v) is 3.55. The number of hydrogen-bond donors (Lipinski definition) is 3. The van der Waals surface area contributed by atoms with Crippen molar-refractivity contribution in [3.8, 4) is 0 Å². The van der Waals surface area contributed by atoms with Crippen molar-refractivity contribution in [2.24, 2.45) is 0 Å². The zero-order valence-electron chi connectivity index (χ0n) is 10.0. The van der Waals surface area contributed by atoms with Crippen LogP contribution in [-0.2, 0) is 0 Å². The van der Waals surface area contributed by atoms with E-state index in [1.165, 1.54) is 5.57 Å². The molecule has 0 aliphatic carbocycles. The molecule has 3 heterocycles. The van der Waals surface area contributed by atoms with Gasteiger partial charge in [0.1, 0.15) is 4.83 Å². The summed E-state index contributed by atoms with van der Waals surface area (Å²) in [6.45, 7) is 3.84. The Bertz CT molecular complexity index is 698. The zero-order chi connectivity index (χ0) is 12.7. The summed E-state index contributed by atoms with van der Waals surface area (Å²) in [7, 11) is 0. The van der Waals surface area contributed by atoms with Crippen LogP contribution >= 0.6 is 11.3 Å². The van der Waals surface area contributed by atoms with E-state index in [0.29, 0.717) is 5.39 Å². The third-order valence-corrected chi connectivity index (χ3v) is 4.44. The Morgan fingerprint density at radius 1 is 1.50 bits per heavy atom. The summed E-state index contributed by atoms with van der Waals surface area (Å²) in [5, 5.41) is 3.95. The number of nitrogens with two attached hydrogens (primary N) is 1. The minimum atomic E-state index is -0.146. The molecular formula is C12H14N4OS. The topological polar surface area (TPSA) is 83.8 Å². The van der Waals surface area contributed by atoms with Gasteiger partial charge in [-0.15, -0.1) is 11.3 Å². The first-order valence-electron chi connectivity index (χ1n) is 5.86. The Balaban J connectivity index is 2.26. The lowest BCUT2D eigenvalue weighted by molar-refractivity contribution is 0.739. The molecule has 1 aliphatic rings. The molecule has 3 rings (SSSR count). The standard InChI is InChI=1S/C12H14N4OS/c1-6-8-10(17)15-12(13)16-11(8)18-9(6)7-2-4-14-5-3-7/h2,14H,3-5H2,1H3,(H3,13,15,16,17). The molecule has 0 saturated carbocycles. The Kier molecular flexibility index (Phi) is 2.68. The number of H-pyrrole nitrogens is 1. The molecule has 94 valence electrons. The van der Waals surface area contributed by atoms with Crippen LogP contribution in [0.25, 0.3) is 15.8 Å². The molecule has 0 radical (unpaired) electrons. The number of nitrogens with one attached hydrogen (secondary N) is 2. The molecule has 0 fully saturated rings. The third kappa shape index (κ3) is 1.74. The van der Waals surface area contributed by atoms with Crippen LogP contribution in [0.5, 0.6) is 0 Å². The van der Waals surface area contributed by atoms with Gasteiger partial charge in [0.05, 0.1) is 5.39 Å². The Morgan fingerprint density at radius 3 is 3.06 bits per heavy atom. The van der Waals surface area contributed by atoms with Crippen LogP contribution in [0.2, 0.25) is 0 Å². The number of hydrogen-bond acceptors (Lipinski definition) is 5. The predicted octanol–water partition coefficient (Wildman–Crippen LogP) is 1.25. The quantitative estimate of drug-likeness (QED) is 0.722. The van der Waals surface area contributed by atoms with E-state index in [9.17, 15) is 4.79 Å². The molecule has 6 heteroatoms. The summed E-state index contributed by atoms with van der Waals surface area (Å²) in [4.78, 5) is 20.6. The Hall–Kier alpha value is -1.66. The highest BCUT2D eigenvalue weighted by atomic mass is 32.1. The van der Waals surface area contributed by atoms with Crippen molar-refractivity contribution in [1.29, 1.82) is 0 Å². The Morgan fingerprint density at radius 2 is 2.33 bits per heavy atom. The van der Waals surface area contributed by atoms with E-state index in [1.807, 2.05) is 6.92 Å². The highest BCUT2D eigenvalue weighted by Gasteiger charge is 2.17. The minimum Gasteiger partial charge on any atom is -0.369 e. The van der Waals surface area contributed by atoms with Crippen molar-refractivity contribution < 1.29 is 0 Å². The maximum absolute atomic E-state index is 11.9. The second-order valence-electron chi connectivity index (χ2n) is 4.37. The largest absolute Gasteiger partial charge is 0.369 e. The molecule has 0 saturated heterocycles. The van der Waals surface area contributed by atoms with Gasteiger partial charge in [-0.25, -0.2) is 4.98 Å². The smallest absolute Gasteiger partial charge is 0.261 e. The summed E-state index contributed by atoms with van der Waals surface area (Å²) < 4.78 is 0. The molecule has 4 N–H and O–H groups in total. The van der Waals surface area contributed by atoms with E-state index < -0.39 is 0 Å². The van der Waals surface area contributed by atoms with Gasteiger partial charge in [0.2, 0.25) is 5.95 Å². The highest BCUT2D eigenvalue weighted by Crippen LogP contribution is 2.34. The molecule has 0 atom stereocenters. The molecule has 2 aromatic rings. The van der Waals surface area contributed by atoms with Gasteiger partial charge in [0.15, 0.2) is 0 Å². The van der Waals surface area contributed by atoms with Crippen LogP contribution in [-0.4, -0.2) is 23.1 Å². The van der Waals surface area contributed by atoms with E-state index >= 15 is 0 Å². The van der Waals surface area contributed by atoms with Crippen LogP contribution in [0.4, 0.5) is 5.95 Å². The molecule has 0 aromatic carbocycles. The number of nitrogens with zero attached hydrogens (tertiary/aromatic N) is 1. The first-order chi connectivity index (χ1) is 8.66. The third-order valence-electron chi connectivity index (χ3n) is 3.17. The molecule has 0 spiro atoms. The summed E-state index contributed by atoms with van der Waals surface area (Å²) in [6.07, 6.45) is 3.17. The lowest BCUT2D eigenvalue weighted by Crippen LogP contribution is -2.19. The highest BCUT2D eigenvalue weighted by molar-refractivity contribution is 7.19. The number of nitrogen functional groups attached to an aromatic ring is 1. The van der Waals surface area contributed by atoms with E-state index in [0.717, 1.165) is 34.8 Å². The molecular weight excluding hydrogens is 248 g/mol. The van der Waals surface area contributed by atoms with Crippen LogP contribution in [0, 0.1) is 6.92 Å². The Labute approximate surface area is 108 Å². The molecule has 2 aromatic heterocycles. The molecule has 1 aliphatic heterocycles. The van der Waals surface area contributed by atoms with E-state index in [1.54, 1.807) is 11.3 Å². The van der Waals surface area contributed by atoms with Crippen LogP contribution in [0.3, 0.4) is 0 Å². The number of anilines is 1. The van der Waals surface area contributed by atoms with Gasteiger partial charge in [-0.1, -0.05) is 6.08 Å². The molecule has 0 amide bonds. The van der Waals surface area contributed by atoms with Crippen LogP contribution in [0.15, 0.2) is 10.9 Å². The first kappa shape index (κ1) is 11.4. The van der Waals surface area contributed by atoms with Crippen molar-refractivity contribution in [2.45, 2.75) is 13.3 Å². The molecule has 0 unspecified atom stereocenters. The number of rotatable bonds is 1. The van der Waals surface area contributed by atoms with Gasteiger partial charge < -0.3 is 11.1 Å². The van der Waals surface area contributed by atoms with Gasteiger partial charge >= 0.3 is 0 Å². The maximum atomic E-state index is 11.9. The number of aromatic amines is 1. The summed E-state index contributed by atoms with van der Waals surface area (Å²) in [5.41, 5.74) is 7.74. The van der Waals surface area contributed by atoms with Gasteiger partial charge in [0, 0.05) is 11.4 Å². The molecule has 5 nitrogen and oxygen atoms in total. The average molecular weight is 262 g/mol. The molecule has 18 heavy (non-hydrogen) atoms. The normalized spacial score (nSPS) is 15.9. The molecule has 0 bridgehead atoms. The fourth-order valence-electron chi connectivity index (χ4n) is 2.30. The second kappa shape index (κ2) is 4.22. The zero-order valence-corrected chi connectivity index (χ0v) is 10.9. The number of aromatic nitrogens is 2. The van der Waals surface area contributed by atoms with Crippen molar-refractivity contribution in [3.05, 3.63) is 26.9 Å². The van der Waals surface area contributed by atoms with Crippen molar-refractivity contribution in [2.75, 3.05) is 18.8 Å². The summed E-state index contributed by atoms with van der Waals surface area (Å²) in [6, 6.07) is 0. The van der Waals surface area contributed by atoms with Gasteiger partial charge in [-0.05, 0) is 31.0 Å². The van der Waals surface area contributed by atoms with Crippen molar-refractivity contribution >= 4 is 33.1 Å². The van der Waals surface area contributed by atoms with Gasteiger partial charge in [-0.3, -0.25) is 9.78 Å². The van der Waals surface area contributed by atoms with Crippen LogP contribution < -0.4 is 16.6 Å².